The molecule has 3 aliphatic rings. The number of ether oxygens (including phenoxy) is 1. The molecule has 2 bridgehead atoms. The third-order valence-corrected chi connectivity index (χ3v) is 4.84. The van der Waals surface area contributed by atoms with Crippen LogP contribution in [-0.4, -0.2) is 68.3 Å². The van der Waals surface area contributed by atoms with Gasteiger partial charge in [-0.25, -0.2) is 0 Å². The third kappa shape index (κ3) is 3.39. The molecular formula is C17H27N3O. The highest BCUT2D eigenvalue weighted by molar-refractivity contribution is 5.29. The van der Waals surface area contributed by atoms with Crippen molar-refractivity contribution in [1.29, 1.82) is 0 Å². The zero-order valence-electron chi connectivity index (χ0n) is 13.2. The molecule has 4 heteroatoms. The van der Waals surface area contributed by atoms with E-state index >= 15 is 0 Å². The van der Waals surface area contributed by atoms with Crippen LogP contribution in [0.5, 0.6) is 5.75 Å². The molecule has 0 aliphatic carbocycles. The normalized spacial score (nSPS) is 29.3. The number of likely N-dealkylation sites (N-methyl/N-ethyl adjacent to an activating group) is 1. The van der Waals surface area contributed by atoms with Crippen LogP contribution in [0.2, 0.25) is 0 Å². The van der Waals surface area contributed by atoms with Crippen molar-refractivity contribution >= 4 is 0 Å². The minimum Gasteiger partial charge on any atom is -0.497 e. The molecular weight excluding hydrogens is 262 g/mol. The monoisotopic (exact) mass is 289 g/mol. The van der Waals surface area contributed by atoms with Gasteiger partial charge in [0, 0.05) is 44.8 Å². The maximum atomic E-state index is 5.35. The fraction of sp³-hybridized carbons (Fsp3) is 0.647. The second-order valence-corrected chi connectivity index (χ2v) is 6.12. The Morgan fingerprint density at radius 3 is 2.71 bits per heavy atom. The smallest absolute Gasteiger partial charge is 0.119 e. The first-order valence-corrected chi connectivity index (χ1v) is 8.13. The van der Waals surface area contributed by atoms with E-state index in [2.05, 4.69) is 40.2 Å². The molecule has 0 spiro atoms. The summed E-state index contributed by atoms with van der Waals surface area (Å²) in [6.45, 7) is 9.38. The van der Waals surface area contributed by atoms with Gasteiger partial charge >= 0.3 is 0 Å². The summed E-state index contributed by atoms with van der Waals surface area (Å²) in [6.07, 6.45) is 1.07. The van der Waals surface area contributed by atoms with Crippen LogP contribution < -0.4 is 10.1 Å². The molecule has 1 aromatic carbocycles. The van der Waals surface area contributed by atoms with E-state index in [1.807, 2.05) is 6.07 Å². The number of rotatable bonds is 6. The first-order chi connectivity index (χ1) is 10.3. The zero-order chi connectivity index (χ0) is 14.7. The summed E-state index contributed by atoms with van der Waals surface area (Å²) < 4.78 is 5.35. The van der Waals surface area contributed by atoms with Crippen LogP contribution in [-0.2, 0) is 6.42 Å². The van der Waals surface area contributed by atoms with Crippen LogP contribution in [0.15, 0.2) is 24.3 Å². The van der Waals surface area contributed by atoms with Crippen molar-refractivity contribution in [3.63, 3.8) is 0 Å². The summed E-state index contributed by atoms with van der Waals surface area (Å²) in [5, 5.41) is 3.71. The van der Waals surface area contributed by atoms with Crippen molar-refractivity contribution in [2.75, 3.05) is 46.4 Å². The number of benzene rings is 1. The zero-order valence-corrected chi connectivity index (χ0v) is 13.2. The van der Waals surface area contributed by atoms with Crippen LogP contribution in [0.3, 0.4) is 0 Å². The molecule has 21 heavy (non-hydrogen) atoms. The molecule has 4 rings (SSSR count). The lowest BCUT2D eigenvalue weighted by Gasteiger charge is -2.50. The number of hydrogen-bond acceptors (Lipinski definition) is 4. The molecule has 2 atom stereocenters. The molecule has 3 heterocycles. The molecule has 0 aromatic heterocycles. The Morgan fingerprint density at radius 1 is 1.29 bits per heavy atom. The highest BCUT2D eigenvalue weighted by Crippen LogP contribution is 2.22. The molecule has 2 unspecified atom stereocenters. The molecule has 1 aromatic rings. The van der Waals surface area contributed by atoms with Crippen LogP contribution >= 0.6 is 0 Å². The van der Waals surface area contributed by atoms with E-state index in [-0.39, 0.29) is 0 Å². The first kappa shape index (κ1) is 14.8. The van der Waals surface area contributed by atoms with E-state index in [9.17, 15) is 0 Å². The Balaban J connectivity index is 1.72. The van der Waals surface area contributed by atoms with Gasteiger partial charge in [0.25, 0.3) is 0 Å². The van der Waals surface area contributed by atoms with E-state index in [1.54, 1.807) is 7.11 Å². The average molecular weight is 289 g/mol. The predicted octanol–water partition coefficient (Wildman–Crippen LogP) is 1.22. The van der Waals surface area contributed by atoms with E-state index in [0.717, 1.165) is 18.7 Å². The van der Waals surface area contributed by atoms with Crippen molar-refractivity contribution in [3.05, 3.63) is 29.8 Å². The Hall–Kier alpha value is -1.10. The van der Waals surface area contributed by atoms with E-state index in [4.69, 9.17) is 4.74 Å². The summed E-state index contributed by atoms with van der Waals surface area (Å²) in [5.74, 6) is 0.956. The van der Waals surface area contributed by atoms with E-state index < -0.39 is 0 Å². The molecule has 1 N–H and O–H groups in total. The Labute approximate surface area is 128 Å². The second kappa shape index (κ2) is 6.77. The fourth-order valence-corrected chi connectivity index (χ4v) is 3.70. The highest BCUT2D eigenvalue weighted by Gasteiger charge is 2.36. The number of nitrogens with zero attached hydrogens (tertiary/aromatic N) is 2. The predicted molar refractivity (Wildman–Crippen MR) is 86.0 cm³/mol. The van der Waals surface area contributed by atoms with Gasteiger partial charge in [-0.05, 0) is 30.7 Å². The van der Waals surface area contributed by atoms with Gasteiger partial charge in [-0.1, -0.05) is 19.1 Å². The molecule has 3 saturated heterocycles. The van der Waals surface area contributed by atoms with Gasteiger partial charge in [0.05, 0.1) is 7.11 Å². The molecule has 0 radical (unpaired) electrons. The number of nitrogens with one attached hydrogen (secondary N) is 1. The van der Waals surface area contributed by atoms with Crippen molar-refractivity contribution in [1.82, 2.24) is 15.1 Å². The van der Waals surface area contributed by atoms with Gasteiger partial charge in [0.2, 0.25) is 0 Å². The molecule has 116 valence electrons. The van der Waals surface area contributed by atoms with Crippen LogP contribution in [0.1, 0.15) is 12.5 Å². The molecule has 4 nitrogen and oxygen atoms in total. The maximum absolute atomic E-state index is 5.35. The summed E-state index contributed by atoms with van der Waals surface area (Å²) in [4.78, 5) is 5.29. The highest BCUT2D eigenvalue weighted by atomic mass is 16.5. The Morgan fingerprint density at radius 2 is 2.10 bits per heavy atom. The minimum atomic E-state index is 0.519. The second-order valence-electron chi connectivity index (χ2n) is 6.12. The maximum Gasteiger partial charge on any atom is 0.119 e. The summed E-state index contributed by atoms with van der Waals surface area (Å²) >= 11 is 0. The van der Waals surface area contributed by atoms with Gasteiger partial charge in [0.1, 0.15) is 5.75 Å². The summed E-state index contributed by atoms with van der Waals surface area (Å²) in [6, 6.07) is 9.64. The number of piperazine rings is 3. The quantitative estimate of drug-likeness (QED) is 0.852. The van der Waals surface area contributed by atoms with E-state index in [0.29, 0.717) is 12.1 Å². The average Bonchev–Trinajstić information content (AvgIpc) is 2.55. The van der Waals surface area contributed by atoms with Crippen molar-refractivity contribution in [3.8, 4) is 5.75 Å². The molecule has 3 aliphatic heterocycles. The van der Waals surface area contributed by atoms with E-state index in [1.165, 1.54) is 38.3 Å². The minimum absolute atomic E-state index is 0.519. The lowest BCUT2D eigenvalue weighted by Crippen LogP contribution is -2.66. The SMILES string of the molecule is CCNC(Cc1cccc(OC)c1)C1CN2CCN1CC2. The standard InChI is InChI=1S/C17H27N3O/c1-3-18-16(12-14-5-4-6-15(11-14)21-2)17-13-19-7-9-20(17)10-8-19/h4-6,11,16-18H,3,7-10,12-13H2,1-2H3. The van der Waals surface area contributed by atoms with Gasteiger partial charge in [-0.15, -0.1) is 0 Å². The van der Waals surface area contributed by atoms with Gasteiger partial charge < -0.3 is 10.1 Å². The topological polar surface area (TPSA) is 27.7 Å². The van der Waals surface area contributed by atoms with Crippen molar-refractivity contribution in [2.45, 2.75) is 25.4 Å². The van der Waals surface area contributed by atoms with Crippen molar-refractivity contribution < 1.29 is 4.74 Å². The van der Waals surface area contributed by atoms with Gasteiger partial charge in [0.15, 0.2) is 0 Å². The summed E-state index contributed by atoms with van der Waals surface area (Å²) in [5.41, 5.74) is 1.36. The Kier molecular flexibility index (Phi) is 4.78. The van der Waals surface area contributed by atoms with Crippen LogP contribution in [0, 0.1) is 0 Å². The fourth-order valence-electron chi connectivity index (χ4n) is 3.70. The number of hydrogen-bond donors (Lipinski definition) is 1. The third-order valence-electron chi connectivity index (χ3n) is 4.84. The molecule has 0 saturated carbocycles. The summed E-state index contributed by atoms with van der Waals surface area (Å²) in [7, 11) is 1.74. The Bertz CT molecular complexity index is 457. The number of methoxy groups -OCH3 is 1. The molecule has 0 amide bonds. The lowest BCUT2D eigenvalue weighted by atomic mass is 9.94. The van der Waals surface area contributed by atoms with Crippen LogP contribution in [0.25, 0.3) is 0 Å². The largest absolute Gasteiger partial charge is 0.497 e. The molecule has 3 fully saturated rings. The van der Waals surface area contributed by atoms with Gasteiger partial charge in [-0.3, -0.25) is 9.80 Å². The van der Waals surface area contributed by atoms with Gasteiger partial charge in [-0.2, -0.15) is 0 Å². The number of fused-ring (bicyclic) bond motifs is 3. The van der Waals surface area contributed by atoms with Crippen LogP contribution in [0.4, 0.5) is 0 Å². The first-order valence-electron chi connectivity index (χ1n) is 8.13. The van der Waals surface area contributed by atoms with Crippen molar-refractivity contribution in [2.24, 2.45) is 0 Å². The lowest BCUT2D eigenvalue weighted by molar-refractivity contribution is -0.00289.